The highest BCUT2D eigenvalue weighted by Crippen LogP contribution is 2.32. The third-order valence-corrected chi connectivity index (χ3v) is 3.76. The number of carbonyl (C=O) groups excluding carboxylic acids is 1. The van der Waals surface area contributed by atoms with Crippen LogP contribution >= 0.6 is 0 Å². The van der Waals surface area contributed by atoms with Crippen molar-refractivity contribution in [2.24, 2.45) is 4.99 Å². The van der Waals surface area contributed by atoms with Crippen molar-refractivity contribution >= 4 is 11.9 Å². The van der Waals surface area contributed by atoms with Crippen molar-refractivity contribution in [3.8, 4) is 11.5 Å². The molecule has 1 atom stereocenters. The number of benzene rings is 1. The van der Waals surface area contributed by atoms with Crippen molar-refractivity contribution in [2.75, 3.05) is 27.4 Å². The number of amides is 1. The Morgan fingerprint density at radius 2 is 2.08 bits per heavy atom. The molecule has 1 aliphatic rings. The maximum atomic E-state index is 11.8. The normalized spacial score (nSPS) is 14.2. The van der Waals surface area contributed by atoms with Gasteiger partial charge in [0.2, 0.25) is 12.7 Å². The third kappa shape index (κ3) is 5.04. The topological polar surface area (TPSA) is 75.2 Å². The lowest BCUT2D eigenvalue weighted by Crippen LogP contribution is -2.45. The van der Waals surface area contributed by atoms with E-state index in [0.717, 1.165) is 23.5 Å². The Morgan fingerprint density at radius 3 is 2.79 bits per heavy atom. The number of likely N-dealkylation sites (N-methyl/N-ethyl adjacent to an activating group) is 1. The number of nitrogens with one attached hydrogen (secondary N) is 2. The largest absolute Gasteiger partial charge is 0.454 e. The molecule has 0 saturated carbocycles. The van der Waals surface area contributed by atoms with E-state index in [0.29, 0.717) is 12.5 Å². The van der Waals surface area contributed by atoms with Crippen LogP contribution in [0.3, 0.4) is 0 Å². The summed E-state index contributed by atoms with van der Waals surface area (Å²) in [6, 6.07) is 6.04. The average molecular weight is 334 g/mol. The Hall–Kier alpha value is -2.44. The molecule has 1 aromatic rings. The minimum Gasteiger partial charge on any atom is -0.454 e. The summed E-state index contributed by atoms with van der Waals surface area (Å²) < 4.78 is 10.7. The van der Waals surface area contributed by atoms with Crippen molar-refractivity contribution in [1.82, 2.24) is 15.5 Å². The van der Waals surface area contributed by atoms with Crippen molar-refractivity contribution in [1.29, 1.82) is 0 Å². The summed E-state index contributed by atoms with van der Waals surface area (Å²) in [5, 5.41) is 6.38. The highest BCUT2D eigenvalue weighted by atomic mass is 16.7. The molecule has 24 heavy (non-hydrogen) atoms. The number of rotatable bonds is 6. The Balaban J connectivity index is 2.01. The van der Waals surface area contributed by atoms with Crippen molar-refractivity contribution in [3.05, 3.63) is 23.8 Å². The number of ether oxygens (including phenoxy) is 2. The van der Waals surface area contributed by atoms with Gasteiger partial charge in [0.25, 0.3) is 0 Å². The van der Waals surface area contributed by atoms with Crippen LogP contribution in [0.4, 0.5) is 0 Å². The maximum Gasteiger partial charge on any atom is 0.241 e. The molecule has 0 fully saturated rings. The lowest BCUT2D eigenvalue weighted by atomic mass is 10.2. The summed E-state index contributed by atoms with van der Waals surface area (Å²) in [5.41, 5.74) is 1.02. The second-order valence-corrected chi connectivity index (χ2v) is 5.95. The van der Waals surface area contributed by atoms with Gasteiger partial charge in [-0.2, -0.15) is 0 Å². The van der Waals surface area contributed by atoms with Crippen molar-refractivity contribution in [3.63, 3.8) is 0 Å². The minimum atomic E-state index is -0.00303. The van der Waals surface area contributed by atoms with Gasteiger partial charge in [0, 0.05) is 20.1 Å². The van der Waals surface area contributed by atoms with E-state index in [1.807, 2.05) is 18.2 Å². The molecular weight excluding hydrogens is 308 g/mol. The summed E-state index contributed by atoms with van der Waals surface area (Å²) in [5.74, 6) is 2.12. The molecule has 1 amide bonds. The van der Waals surface area contributed by atoms with Crippen LogP contribution in [0.25, 0.3) is 0 Å². The van der Waals surface area contributed by atoms with Crippen LogP contribution in [0.2, 0.25) is 0 Å². The van der Waals surface area contributed by atoms with Crippen LogP contribution in [0.1, 0.15) is 25.8 Å². The van der Waals surface area contributed by atoms with Crippen LogP contribution in [-0.2, 0) is 11.3 Å². The molecule has 0 radical (unpaired) electrons. The summed E-state index contributed by atoms with van der Waals surface area (Å²) >= 11 is 0. The summed E-state index contributed by atoms with van der Waals surface area (Å²) in [6.45, 7) is 5.12. The fourth-order valence-corrected chi connectivity index (χ4v) is 2.02. The van der Waals surface area contributed by atoms with Crippen LogP contribution < -0.4 is 20.1 Å². The molecule has 2 N–H and O–H groups in total. The highest BCUT2D eigenvalue weighted by molar-refractivity contribution is 5.86. The molecule has 1 unspecified atom stereocenters. The number of fused-ring (bicyclic) bond motifs is 1. The van der Waals surface area contributed by atoms with Gasteiger partial charge in [0.15, 0.2) is 17.5 Å². The fraction of sp³-hybridized carbons (Fsp3) is 0.529. The Bertz CT molecular complexity index is 601. The number of carbonyl (C=O) groups is 1. The standard InChI is InChI=1S/C17H26N4O3/c1-5-12(2)20-17(19-10-16(22)21(3)4)18-9-13-6-7-14-15(8-13)24-11-23-14/h6-8,12H,5,9-11H2,1-4H3,(H2,18,19,20). The first-order chi connectivity index (χ1) is 11.5. The Labute approximate surface area is 143 Å². The van der Waals surface area contributed by atoms with Crippen molar-refractivity contribution in [2.45, 2.75) is 32.9 Å². The smallest absolute Gasteiger partial charge is 0.241 e. The van der Waals surface area contributed by atoms with Gasteiger partial charge in [-0.3, -0.25) is 4.79 Å². The van der Waals surface area contributed by atoms with Gasteiger partial charge in [0.05, 0.1) is 13.1 Å². The summed E-state index contributed by atoms with van der Waals surface area (Å²) in [6.07, 6.45) is 0.965. The molecule has 1 aliphatic heterocycles. The van der Waals surface area contributed by atoms with Gasteiger partial charge < -0.3 is 25.0 Å². The number of aliphatic imine (C=N–C) groups is 1. The Morgan fingerprint density at radius 1 is 1.33 bits per heavy atom. The molecule has 132 valence electrons. The molecule has 0 bridgehead atoms. The predicted octanol–water partition coefficient (Wildman–Crippen LogP) is 1.34. The lowest BCUT2D eigenvalue weighted by molar-refractivity contribution is -0.127. The van der Waals surface area contributed by atoms with E-state index in [1.165, 1.54) is 0 Å². The van der Waals surface area contributed by atoms with E-state index in [1.54, 1.807) is 19.0 Å². The number of hydrogen-bond donors (Lipinski definition) is 2. The summed E-state index contributed by atoms with van der Waals surface area (Å²) in [7, 11) is 3.46. The van der Waals surface area contributed by atoms with E-state index >= 15 is 0 Å². The SMILES string of the molecule is CCC(C)NC(=NCc1ccc2c(c1)OCO2)NCC(=O)N(C)C. The van der Waals surface area contributed by atoms with Gasteiger partial charge in [-0.1, -0.05) is 13.0 Å². The minimum absolute atomic E-state index is 0.00303. The van der Waals surface area contributed by atoms with E-state index in [4.69, 9.17) is 9.47 Å². The molecule has 1 heterocycles. The first kappa shape index (κ1) is 17.9. The molecular formula is C17H26N4O3. The molecule has 0 aliphatic carbocycles. The number of nitrogens with zero attached hydrogens (tertiary/aromatic N) is 2. The van der Waals surface area contributed by atoms with Gasteiger partial charge >= 0.3 is 0 Å². The zero-order valence-electron chi connectivity index (χ0n) is 14.8. The monoisotopic (exact) mass is 334 g/mol. The van der Waals surface area contributed by atoms with Crippen LogP contribution in [-0.4, -0.2) is 50.2 Å². The van der Waals surface area contributed by atoms with E-state index in [2.05, 4.69) is 29.5 Å². The second kappa shape index (κ2) is 8.42. The van der Waals surface area contributed by atoms with Gasteiger partial charge in [-0.05, 0) is 31.0 Å². The third-order valence-electron chi connectivity index (χ3n) is 3.76. The molecule has 1 aromatic carbocycles. The molecule has 0 saturated heterocycles. The van der Waals surface area contributed by atoms with E-state index < -0.39 is 0 Å². The van der Waals surface area contributed by atoms with Crippen LogP contribution in [0, 0.1) is 0 Å². The zero-order chi connectivity index (χ0) is 17.5. The van der Waals surface area contributed by atoms with E-state index in [-0.39, 0.29) is 25.3 Å². The lowest BCUT2D eigenvalue weighted by Gasteiger charge is -2.18. The number of hydrogen-bond acceptors (Lipinski definition) is 4. The summed E-state index contributed by atoms with van der Waals surface area (Å²) in [4.78, 5) is 17.9. The second-order valence-electron chi connectivity index (χ2n) is 5.95. The van der Waals surface area contributed by atoms with Gasteiger partial charge in [-0.25, -0.2) is 4.99 Å². The maximum absolute atomic E-state index is 11.8. The van der Waals surface area contributed by atoms with Gasteiger partial charge in [-0.15, -0.1) is 0 Å². The fourth-order valence-electron chi connectivity index (χ4n) is 2.02. The molecule has 7 nitrogen and oxygen atoms in total. The highest BCUT2D eigenvalue weighted by Gasteiger charge is 2.13. The van der Waals surface area contributed by atoms with Gasteiger partial charge in [0.1, 0.15) is 0 Å². The molecule has 0 spiro atoms. The van der Waals surface area contributed by atoms with Crippen LogP contribution in [0.5, 0.6) is 11.5 Å². The first-order valence-electron chi connectivity index (χ1n) is 8.13. The molecule has 0 aromatic heterocycles. The molecule has 2 rings (SSSR count). The van der Waals surface area contributed by atoms with Crippen LogP contribution in [0.15, 0.2) is 23.2 Å². The quantitative estimate of drug-likeness (QED) is 0.606. The number of guanidine groups is 1. The molecule has 7 heteroatoms. The Kier molecular flexibility index (Phi) is 6.28. The first-order valence-corrected chi connectivity index (χ1v) is 8.13. The van der Waals surface area contributed by atoms with Crippen molar-refractivity contribution < 1.29 is 14.3 Å². The zero-order valence-corrected chi connectivity index (χ0v) is 14.8. The average Bonchev–Trinajstić information content (AvgIpc) is 3.04. The van der Waals surface area contributed by atoms with E-state index in [9.17, 15) is 4.79 Å². The predicted molar refractivity (Wildman–Crippen MR) is 93.3 cm³/mol.